The Morgan fingerprint density at radius 3 is 2.70 bits per heavy atom. The summed E-state index contributed by atoms with van der Waals surface area (Å²) in [4.78, 5) is 26.6. The van der Waals surface area contributed by atoms with E-state index in [1.165, 1.54) is 19.2 Å². The van der Waals surface area contributed by atoms with Crippen LogP contribution < -0.4 is 4.74 Å². The van der Waals surface area contributed by atoms with Crippen molar-refractivity contribution in [2.45, 2.75) is 26.3 Å². The Morgan fingerprint density at radius 1 is 1.19 bits per heavy atom. The number of piperidine rings is 1. The monoisotopic (exact) mass is 369 g/mol. The van der Waals surface area contributed by atoms with Gasteiger partial charge in [0.1, 0.15) is 0 Å². The van der Waals surface area contributed by atoms with Gasteiger partial charge in [0, 0.05) is 30.1 Å². The number of rotatable bonds is 6. The number of Topliss-reactive ketones (excluding diaryl/α,β-unsaturated/α-hetero) is 2. The highest BCUT2D eigenvalue weighted by Crippen LogP contribution is 2.25. The molecule has 3 rings (SSSR count). The largest absolute Gasteiger partial charge is 0.494 e. The van der Waals surface area contributed by atoms with Gasteiger partial charge in [-0.1, -0.05) is 18.2 Å². The lowest BCUT2D eigenvalue weighted by atomic mass is 9.89. The van der Waals surface area contributed by atoms with Gasteiger partial charge in [0.25, 0.3) is 0 Å². The predicted octanol–water partition coefficient (Wildman–Crippen LogP) is 4.13. The highest BCUT2D eigenvalue weighted by Gasteiger charge is 2.27. The summed E-state index contributed by atoms with van der Waals surface area (Å²) >= 11 is 0. The first-order chi connectivity index (χ1) is 13.0. The van der Waals surface area contributed by atoms with Crippen molar-refractivity contribution in [3.05, 3.63) is 65.0 Å². The van der Waals surface area contributed by atoms with Crippen LogP contribution in [0.15, 0.2) is 42.5 Å². The number of methoxy groups -OCH3 is 1. The first-order valence-corrected chi connectivity index (χ1v) is 9.18. The molecule has 27 heavy (non-hydrogen) atoms. The zero-order valence-electron chi connectivity index (χ0n) is 15.7. The molecule has 1 saturated heterocycles. The second kappa shape index (κ2) is 8.44. The number of nitrogens with zero attached hydrogens (tertiary/aromatic N) is 1. The third kappa shape index (κ3) is 4.61. The topological polar surface area (TPSA) is 46.6 Å². The summed E-state index contributed by atoms with van der Waals surface area (Å²) in [6.07, 6.45) is 1.72. The van der Waals surface area contributed by atoms with Crippen LogP contribution in [0.5, 0.6) is 5.75 Å². The van der Waals surface area contributed by atoms with Crippen molar-refractivity contribution in [3.8, 4) is 5.75 Å². The molecule has 0 bridgehead atoms. The van der Waals surface area contributed by atoms with E-state index >= 15 is 0 Å². The maximum atomic E-state index is 13.9. The number of carbonyl (C=O) groups is 2. The molecule has 0 aromatic heterocycles. The molecule has 4 nitrogen and oxygen atoms in total. The van der Waals surface area contributed by atoms with Gasteiger partial charge in [-0.15, -0.1) is 0 Å². The zero-order chi connectivity index (χ0) is 19.4. The van der Waals surface area contributed by atoms with Gasteiger partial charge >= 0.3 is 0 Å². The van der Waals surface area contributed by atoms with Crippen molar-refractivity contribution >= 4 is 11.6 Å². The van der Waals surface area contributed by atoms with E-state index in [4.69, 9.17) is 4.74 Å². The summed E-state index contributed by atoms with van der Waals surface area (Å²) in [7, 11) is 1.40. The lowest BCUT2D eigenvalue weighted by Crippen LogP contribution is -2.38. The Bertz CT molecular complexity index is 849. The fraction of sp³-hybridized carbons (Fsp3) is 0.364. The number of hydrogen-bond acceptors (Lipinski definition) is 4. The maximum Gasteiger partial charge on any atom is 0.167 e. The second-order valence-corrected chi connectivity index (χ2v) is 7.04. The number of benzene rings is 2. The zero-order valence-corrected chi connectivity index (χ0v) is 15.7. The molecule has 1 atom stereocenters. The SMILES string of the molecule is COc1ccc(C(=O)[C@H]2CCCN(Cc3cccc(C(C)=O)c3)C2)cc1F. The molecule has 1 fully saturated rings. The standard InChI is InChI=1S/C22H24FNO3/c1-15(25)17-6-3-5-16(11-17)13-24-10-4-7-19(14-24)22(26)18-8-9-21(27-2)20(23)12-18/h3,5-6,8-9,11-12,19H,4,7,10,13-14H2,1-2H3/t19-/m0/s1. The fourth-order valence-electron chi connectivity index (χ4n) is 3.62. The molecule has 1 aliphatic heterocycles. The smallest absolute Gasteiger partial charge is 0.167 e. The minimum absolute atomic E-state index is 0.0289. The van der Waals surface area contributed by atoms with Crippen LogP contribution in [-0.2, 0) is 6.54 Å². The number of ether oxygens (including phenoxy) is 1. The van der Waals surface area contributed by atoms with Gasteiger partial charge in [0.15, 0.2) is 23.1 Å². The lowest BCUT2D eigenvalue weighted by Gasteiger charge is -2.32. The van der Waals surface area contributed by atoms with Gasteiger partial charge in [0.2, 0.25) is 0 Å². The summed E-state index contributed by atoms with van der Waals surface area (Å²) < 4.78 is 18.8. The molecule has 2 aromatic rings. The minimum atomic E-state index is -0.517. The molecule has 0 saturated carbocycles. The fourth-order valence-corrected chi connectivity index (χ4v) is 3.62. The molecule has 1 aliphatic rings. The predicted molar refractivity (Wildman–Crippen MR) is 102 cm³/mol. The molecule has 0 spiro atoms. The molecule has 0 unspecified atom stereocenters. The van der Waals surface area contributed by atoms with Crippen molar-refractivity contribution in [1.82, 2.24) is 4.90 Å². The summed E-state index contributed by atoms with van der Waals surface area (Å²) in [6, 6.07) is 12.0. The van der Waals surface area contributed by atoms with Crippen molar-refractivity contribution in [2.75, 3.05) is 20.2 Å². The molecule has 0 N–H and O–H groups in total. The van der Waals surface area contributed by atoms with E-state index in [0.717, 1.165) is 24.9 Å². The van der Waals surface area contributed by atoms with Crippen LogP contribution in [0, 0.1) is 11.7 Å². The average molecular weight is 369 g/mol. The van der Waals surface area contributed by atoms with Gasteiger partial charge in [-0.2, -0.15) is 0 Å². The Balaban J connectivity index is 1.68. The van der Waals surface area contributed by atoms with E-state index in [0.29, 0.717) is 24.2 Å². The summed E-state index contributed by atoms with van der Waals surface area (Å²) in [6.45, 7) is 3.80. The van der Waals surface area contributed by atoms with Crippen LogP contribution in [0.1, 0.15) is 46.0 Å². The second-order valence-electron chi connectivity index (χ2n) is 7.04. The van der Waals surface area contributed by atoms with E-state index in [1.54, 1.807) is 13.0 Å². The third-order valence-corrected chi connectivity index (χ3v) is 5.05. The van der Waals surface area contributed by atoms with Crippen LogP contribution >= 0.6 is 0 Å². The van der Waals surface area contributed by atoms with Gasteiger partial charge < -0.3 is 4.74 Å². The third-order valence-electron chi connectivity index (χ3n) is 5.05. The molecule has 0 radical (unpaired) electrons. The number of ketones is 2. The van der Waals surface area contributed by atoms with Crippen LogP contribution in [0.25, 0.3) is 0 Å². The van der Waals surface area contributed by atoms with Gasteiger partial charge in [0.05, 0.1) is 7.11 Å². The van der Waals surface area contributed by atoms with Gasteiger partial charge in [-0.05, 0) is 56.1 Å². The summed E-state index contributed by atoms with van der Waals surface area (Å²) in [5.41, 5.74) is 2.15. The molecule has 0 aliphatic carbocycles. The van der Waals surface area contributed by atoms with Crippen molar-refractivity contribution in [3.63, 3.8) is 0 Å². The molecule has 5 heteroatoms. The quantitative estimate of drug-likeness (QED) is 0.718. The summed E-state index contributed by atoms with van der Waals surface area (Å²) in [5, 5.41) is 0. The Kier molecular flexibility index (Phi) is 6.01. The van der Waals surface area contributed by atoms with E-state index in [9.17, 15) is 14.0 Å². The first-order valence-electron chi connectivity index (χ1n) is 9.18. The number of carbonyl (C=O) groups excluding carboxylic acids is 2. The van der Waals surface area contributed by atoms with E-state index in [2.05, 4.69) is 4.90 Å². The molecule has 1 heterocycles. The van der Waals surface area contributed by atoms with Gasteiger partial charge in [-0.3, -0.25) is 14.5 Å². The van der Waals surface area contributed by atoms with E-state index in [1.807, 2.05) is 24.3 Å². The molecular weight excluding hydrogens is 345 g/mol. The van der Waals surface area contributed by atoms with Crippen molar-refractivity contribution in [1.29, 1.82) is 0 Å². The van der Waals surface area contributed by atoms with Crippen LogP contribution in [0.4, 0.5) is 4.39 Å². The normalized spacial score (nSPS) is 17.5. The number of halogens is 1. The Morgan fingerprint density at radius 2 is 2.00 bits per heavy atom. The van der Waals surface area contributed by atoms with Gasteiger partial charge in [-0.25, -0.2) is 4.39 Å². The molecule has 0 amide bonds. The highest BCUT2D eigenvalue weighted by atomic mass is 19.1. The van der Waals surface area contributed by atoms with Crippen LogP contribution in [-0.4, -0.2) is 36.7 Å². The van der Waals surface area contributed by atoms with Crippen LogP contribution in [0.3, 0.4) is 0 Å². The highest BCUT2D eigenvalue weighted by molar-refractivity contribution is 5.98. The van der Waals surface area contributed by atoms with Crippen molar-refractivity contribution in [2.24, 2.45) is 5.92 Å². The molecule has 142 valence electrons. The minimum Gasteiger partial charge on any atom is -0.494 e. The molecular formula is C22H24FNO3. The first kappa shape index (κ1) is 19.2. The van der Waals surface area contributed by atoms with Crippen molar-refractivity contribution < 1.29 is 18.7 Å². The average Bonchev–Trinajstić information content (AvgIpc) is 2.67. The van der Waals surface area contributed by atoms with E-state index in [-0.39, 0.29) is 23.2 Å². The van der Waals surface area contributed by atoms with E-state index < -0.39 is 5.82 Å². The van der Waals surface area contributed by atoms with Crippen LogP contribution in [0.2, 0.25) is 0 Å². The number of hydrogen-bond donors (Lipinski definition) is 0. The summed E-state index contributed by atoms with van der Waals surface area (Å²) in [5.74, 6) is -0.509. The Labute approximate surface area is 158 Å². The molecule has 2 aromatic carbocycles. The number of likely N-dealkylation sites (tertiary alicyclic amines) is 1. The maximum absolute atomic E-state index is 13.9. The lowest BCUT2D eigenvalue weighted by molar-refractivity contribution is 0.0811. The Hall–Kier alpha value is -2.53.